The molecule has 0 saturated carbocycles. The van der Waals surface area contributed by atoms with Gasteiger partial charge in [-0.05, 0) is 39.8 Å². The van der Waals surface area contributed by atoms with Crippen LogP contribution in [0, 0.1) is 6.92 Å². The van der Waals surface area contributed by atoms with Gasteiger partial charge >= 0.3 is 5.97 Å². The third-order valence-electron chi connectivity index (χ3n) is 3.27. The van der Waals surface area contributed by atoms with Gasteiger partial charge in [-0.1, -0.05) is 17.7 Å². The monoisotopic (exact) mass is 278 g/mol. The molecule has 0 aliphatic rings. The first-order valence-corrected chi connectivity index (χ1v) is 6.92. The zero-order chi connectivity index (χ0) is 15.3. The highest BCUT2D eigenvalue weighted by molar-refractivity contribution is 5.81. The van der Waals surface area contributed by atoms with Crippen LogP contribution in [0.3, 0.4) is 0 Å². The third kappa shape index (κ3) is 4.23. The fourth-order valence-electron chi connectivity index (χ4n) is 2.40. The number of hydrogen-bond acceptors (Lipinski definition) is 4. The Kier molecular flexibility index (Phi) is 5.57. The quantitative estimate of drug-likeness (QED) is 0.811. The van der Waals surface area contributed by atoms with Crippen molar-refractivity contribution < 1.29 is 9.53 Å². The molecule has 0 aromatic heterocycles. The fraction of sp³-hybridized carbons (Fsp3) is 0.562. The number of methoxy groups -OCH3 is 1. The molecule has 1 rings (SSSR count). The van der Waals surface area contributed by atoms with E-state index >= 15 is 0 Å². The standard InChI is InChI=1S/C16H26N2O2/c1-12(2)17-16(4,15(19)20-6)11-18(5)14-9-7-13(3)8-10-14/h7-10,12,17H,11H2,1-6H3. The number of carbonyl (C=O) groups excluding carboxylic acids is 1. The highest BCUT2D eigenvalue weighted by Gasteiger charge is 2.36. The lowest BCUT2D eigenvalue weighted by Crippen LogP contribution is -2.59. The minimum atomic E-state index is -0.734. The molecule has 0 heterocycles. The summed E-state index contributed by atoms with van der Waals surface area (Å²) in [5.74, 6) is -0.245. The maximum Gasteiger partial charge on any atom is 0.327 e. The number of anilines is 1. The second-order valence-corrected chi connectivity index (χ2v) is 5.81. The summed E-state index contributed by atoms with van der Waals surface area (Å²) in [7, 11) is 3.41. The van der Waals surface area contributed by atoms with Gasteiger partial charge in [0, 0.05) is 25.3 Å². The van der Waals surface area contributed by atoms with Crippen molar-refractivity contribution in [1.82, 2.24) is 5.32 Å². The van der Waals surface area contributed by atoms with Crippen molar-refractivity contribution in [1.29, 1.82) is 0 Å². The van der Waals surface area contributed by atoms with Crippen molar-refractivity contribution in [3.8, 4) is 0 Å². The molecule has 0 aliphatic carbocycles. The molecule has 1 N–H and O–H groups in total. The number of likely N-dealkylation sites (N-methyl/N-ethyl adjacent to an activating group) is 1. The van der Waals surface area contributed by atoms with Crippen LogP contribution in [0.15, 0.2) is 24.3 Å². The van der Waals surface area contributed by atoms with Crippen molar-refractivity contribution in [2.24, 2.45) is 0 Å². The number of benzene rings is 1. The highest BCUT2D eigenvalue weighted by Crippen LogP contribution is 2.18. The number of nitrogens with one attached hydrogen (secondary N) is 1. The van der Waals surface area contributed by atoms with E-state index in [2.05, 4.69) is 41.4 Å². The van der Waals surface area contributed by atoms with Crippen molar-refractivity contribution in [3.63, 3.8) is 0 Å². The largest absolute Gasteiger partial charge is 0.468 e. The molecular weight excluding hydrogens is 252 g/mol. The van der Waals surface area contributed by atoms with E-state index in [-0.39, 0.29) is 12.0 Å². The van der Waals surface area contributed by atoms with Crippen LogP contribution in [0.5, 0.6) is 0 Å². The smallest absolute Gasteiger partial charge is 0.327 e. The lowest BCUT2D eigenvalue weighted by Gasteiger charge is -2.34. The van der Waals surface area contributed by atoms with Gasteiger partial charge in [-0.25, -0.2) is 4.79 Å². The molecule has 1 aromatic rings. The molecular formula is C16H26N2O2. The van der Waals surface area contributed by atoms with Gasteiger partial charge in [0.05, 0.1) is 7.11 Å². The predicted molar refractivity (Wildman–Crippen MR) is 83.1 cm³/mol. The summed E-state index contributed by atoms with van der Waals surface area (Å²) in [4.78, 5) is 14.1. The molecule has 0 fully saturated rings. The second kappa shape index (κ2) is 6.75. The average Bonchev–Trinajstić information content (AvgIpc) is 2.37. The molecule has 0 amide bonds. The second-order valence-electron chi connectivity index (χ2n) is 5.81. The summed E-state index contributed by atoms with van der Waals surface area (Å²) in [6, 6.07) is 8.45. The molecule has 0 spiro atoms. The van der Waals surface area contributed by atoms with Crippen LogP contribution in [0.1, 0.15) is 26.3 Å². The molecule has 0 radical (unpaired) electrons. The molecule has 0 bridgehead atoms. The zero-order valence-electron chi connectivity index (χ0n) is 13.4. The summed E-state index contributed by atoms with van der Waals surface area (Å²) in [6.07, 6.45) is 0. The number of rotatable bonds is 6. The van der Waals surface area contributed by atoms with Crippen molar-refractivity contribution in [2.75, 3.05) is 25.6 Å². The maximum absolute atomic E-state index is 12.1. The number of aryl methyl sites for hydroxylation is 1. The molecule has 4 heteroatoms. The molecule has 0 aliphatic heterocycles. The molecule has 1 atom stereocenters. The molecule has 0 saturated heterocycles. The minimum Gasteiger partial charge on any atom is -0.468 e. The summed E-state index contributed by atoms with van der Waals surface area (Å²) in [5.41, 5.74) is 1.57. The van der Waals surface area contributed by atoms with Gasteiger partial charge in [-0.3, -0.25) is 5.32 Å². The van der Waals surface area contributed by atoms with E-state index in [1.54, 1.807) is 0 Å². The van der Waals surface area contributed by atoms with Crippen LogP contribution in [0.2, 0.25) is 0 Å². The van der Waals surface area contributed by atoms with Gasteiger partial charge in [0.25, 0.3) is 0 Å². The Morgan fingerprint density at radius 3 is 2.35 bits per heavy atom. The summed E-state index contributed by atoms with van der Waals surface area (Å²) in [6.45, 7) is 8.52. The van der Waals surface area contributed by atoms with Crippen LogP contribution in [0.25, 0.3) is 0 Å². The Bertz CT molecular complexity index is 442. The fourth-order valence-corrected chi connectivity index (χ4v) is 2.40. The van der Waals surface area contributed by atoms with Crippen LogP contribution in [0.4, 0.5) is 5.69 Å². The number of ether oxygens (including phenoxy) is 1. The molecule has 112 valence electrons. The number of nitrogens with zero attached hydrogens (tertiary/aromatic N) is 1. The van der Waals surface area contributed by atoms with E-state index in [4.69, 9.17) is 4.74 Å². The van der Waals surface area contributed by atoms with Gasteiger partial charge in [0.1, 0.15) is 5.54 Å². The van der Waals surface area contributed by atoms with Gasteiger partial charge in [0.15, 0.2) is 0 Å². The summed E-state index contributed by atoms with van der Waals surface area (Å²) < 4.78 is 4.94. The Labute approximate surface area is 122 Å². The van der Waals surface area contributed by atoms with Crippen LogP contribution in [-0.4, -0.2) is 38.3 Å². The van der Waals surface area contributed by atoms with Crippen molar-refractivity contribution in [3.05, 3.63) is 29.8 Å². The molecule has 20 heavy (non-hydrogen) atoms. The van der Waals surface area contributed by atoms with Crippen LogP contribution >= 0.6 is 0 Å². The Balaban J connectivity index is 2.88. The van der Waals surface area contributed by atoms with Gasteiger partial charge in [0.2, 0.25) is 0 Å². The first-order valence-electron chi connectivity index (χ1n) is 6.92. The molecule has 1 unspecified atom stereocenters. The number of carbonyl (C=O) groups is 1. The Morgan fingerprint density at radius 1 is 1.35 bits per heavy atom. The van der Waals surface area contributed by atoms with Crippen LogP contribution in [-0.2, 0) is 9.53 Å². The van der Waals surface area contributed by atoms with Crippen LogP contribution < -0.4 is 10.2 Å². The van der Waals surface area contributed by atoms with Crippen molar-refractivity contribution >= 4 is 11.7 Å². The van der Waals surface area contributed by atoms with Crippen molar-refractivity contribution in [2.45, 2.75) is 39.3 Å². The molecule has 1 aromatic carbocycles. The molecule has 4 nitrogen and oxygen atoms in total. The summed E-state index contributed by atoms with van der Waals surface area (Å²) >= 11 is 0. The lowest BCUT2D eigenvalue weighted by molar-refractivity contribution is -0.147. The summed E-state index contributed by atoms with van der Waals surface area (Å²) in [5, 5.41) is 3.30. The minimum absolute atomic E-state index is 0.200. The Morgan fingerprint density at radius 2 is 1.90 bits per heavy atom. The number of esters is 1. The maximum atomic E-state index is 12.1. The topological polar surface area (TPSA) is 41.6 Å². The third-order valence-corrected chi connectivity index (χ3v) is 3.27. The van der Waals surface area contributed by atoms with E-state index in [0.717, 1.165) is 5.69 Å². The average molecular weight is 278 g/mol. The van der Waals surface area contributed by atoms with E-state index < -0.39 is 5.54 Å². The van der Waals surface area contributed by atoms with Gasteiger partial charge in [-0.15, -0.1) is 0 Å². The first kappa shape index (κ1) is 16.5. The van der Waals surface area contributed by atoms with Gasteiger partial charge < -0.3 is 9.64 Å². The van der Waals surface area contributed by atoms with Gasteiger partial charge in [-0.2, -0.15) is 0 Å². The number of hydrogen-bond donors (Lipinski definition) is 1. The highest BCUT2D eigenvalue weighted by atomic mass is 16.5. The zero-order valence-corrected chi connectivity index (χ0v) is 13.4. The predicted octanol–water partition coefficient (Wildman–Crippen LogP) is 2.36. The van der Waals surface area contributed by atoms with E-state index in [1.165, 1.54) is 12.7 Å². The lowest BCUT2D eigenvalue weighted by atomic mass is 10.00. The first-order chi connectivity index (χ1) is 9.28. The Hall–Kier alpha value is -1.55. The van der Waals surface area contributed by atoms with E-state index in [9.17, 15) is 4.79 Å². The normalized spacial score (nSPS) is 13.9. The van der Waals surface area contributed by atoms with E-state index in [1.807, 2.05) is 27.8 Å². The SMILES string of the molecule is COC(=O)C(C)(CN(C)c1ccc(C)cc1)NC(C)C. The van der Waals surface area contributed by atoms with E-state index in [0.29, 0.717) is 6.54 Å².